The normalized spacial score (nSPS) is 12.5. The van der Waals surface area contributed by atoms with Gasteiger partial charge in [-0.05, 0) is 33.6 Å². The quantitative estimate of drug-likeness (QED) is 0.207. The molecule has 0 radical (unpaired) electrons. The summed E-state index contributed by atoms with van der Waals surface area (Å²) in [6.45, 7) is 10.9. The number of hydrogen-bond acceptors (Lipinski definition) is 7. The number of carboxylic acid groups (broad SMARTS) is 1. The molecule has 0 heterocycles. The van der Waals surface area contributed by atoms with Crippen molar-refractivity contribution in [3.8, 4) is 0 Å². The van der Waals surface area contributed by atoms with E-state index in [2.05, 4.69) is 16.0 Å². The van der Waals surface area contributed by atoms with Crippen molar-refractivity contribution in [3.05, 3.63) is 0 Å². The maximum Gasteiger partial charge on any atom is 0.326 e. The van der Waals surface area contributed by atoms with Gasteiger partial charge in [0, 0.05) is 18.4 Å². The van der Waals surface area contributed by atoms with Crippen LogP contribution in [0.4, 0.5) is 0 Å². The average Bonchev–Trinajstić information content (AvgIpc) is 2.71. The van der Waals surface area contributed by atoms with Crippen LogP contribution in [0.3, 0.4) is 0 Å². The summed E-state index contributed by atoms with van der Waals surface area (Å²) in [5, 5.41) is 17.2. The molecule has 11 heteroatoms. The molecule has 0 aromatic rings. The second kappa shape index (κ2) is 15.4. The van der Waals surface area contributed by atoms with Gasteiger partial charge >= 0.3 is 5.97 Å². The van der Waals surface area contributed by atoms with Gasteiger partial charge in [-0.1, -0.05) is 27.2 Å². The molecule has 4 N–H and O–H groups in total. The Morgan fingerprint density at radius 2 is 1.56 bits per heavy atom. The zero-order chi connectivity index (χ0) is 26.4. The summed E-state index contributed by atoms with van der Waals surface area (Å²) in [5.41, 5.74) is -1.94. The first kappa shape index (κ1) is 31.5. The van der Waals surface area contributed by atoms with E-state index in [9.17, 15) is 29.1 Å². The number of carbonyl (C=O) groups excluding carboxylic acids is 4. The van der Waals surface area contributed by atoms with E-state index in [1.165, 1.54) is 20.8 Å². The zero-order valence-corrected chi connectivity index (χ0v) is 21.2. The number of hydrogen-bond donors (Lipinski definition) is 4. The number of ether oxygens (including phenoxy) is 2. The molecule has 0 aliphatic heterocycles. The van der Waals surface area contributed by atoms with E-state index in [4.69, 9.17) is 9.47 Å². The molecule has 0 rings (SSSR count). The van der Waals surface area contributed by atoms with Crippen molar-refractivity contribution in [1.29, 1.82) is 0 Å². The van der Waals surface area contributed by atoms with E-state index in [0.717, 1.165) is 6.42 Å². The smallest absolute Gasteiger partial charge is 0.326 e. The predicted octanol–water partition coefficient (Wildman–Crippen LogP) is 0.796. The Morgan fingerprint density at radius 3 is 2.12 bits per heavy atom. The summed E-state index contributed by atoms with van der Waals surface area (Å²) in [6, 6.07) is -1.21. The van der Waals surface area contributed by atoms with Crippen molar-refractivity contribution in [2.24, 2.45) is 5.41 Å². The molecule has 3 amide bonds. The number of Topliss-reactive ketones (excluding diaryl/α,β-unsaturated/α-hetero) is 1. The molecule has 0 saturated carbocycles. The fourth-order valence-corrected chi connectivity index (χ4v) is 2.99. The molecular formula is C23H41N3O8. The van der Waals surface area contributed by atoms with Gasteiger partial charge in [0.2, 0.25) is 17.7 Å². The summed E-state index contributed by atoms with van der Waals surface area (Å²) < 4.78 is 10.3. The average molecular weight is 488 g/mol. The molecule has 0 aliphatic carbocycles. The first-order valence-electron chi connectivity index (χ1n) is 11.5. The van der Waals surface area contributed by atoms with Crippen LogP contribution in [0.2, 0.25) is 0 Å². The lowest BCUT2D eigenvalue weighted by Crippen LogP contribution is -2.55. The molecule has 0 bridgehead atoms. The lowest BCUT2D eigenvalue weighted by Gasteiger charge is -2.27. The van der Waals surface area contributed by atoms with Crippen molar-refractivity contribution < 1.29 is 38.6 Å². The van der Waals surface area contributed by atoms with E-state index < -0.39 is 34.8 Å². The molecule has 0 aromatic carbocycles. The molecule has 11 nitrogen and oxygen atoms in total. The summed E-state index contributed by atoms with van der Waals surface area (Å²) in [7, 11) is 0. The topological polar surface area (TPSA) is 160 Å². The second-order valence-electron chi connectivity index (χ2n) is 9.33. The van der Waals surface area contributed by atoms with Crippen molar-refractivity contribution in [2.75, 3.05) is 33.0 Å². The second-order valence-corrected chi connectivity index (χ2v) is 9.33. The number of amides is 3. The minimum absolute atomic E-state index is 0.0322. The van der Waals surface area contributed by atoms with Gasteiger partial charge in [0.1, 0.15) is 18.2 Å². The van der Waals surface area contributed by atoms with Crippen molar-refractivity contribution in [2.45, 2.75) is 78.8 Å². The van der Waals surface area contributed by atoms with Crippen LogP contribution in [-0.2, 0) is 33.4 Å². The molecule has 0 saturated heterocycles. The van der Waals surface area contributed by atoms with E-state index in [0.29, 0.717) is 6.42 Å². The lowest BCUT2D eigenvalue weighted by molar-refractivity contribution is -0.144. The first-order chi connectivity index (χ1) is 15.7. The molecule has 0 aromatic heterocycles. The highest BCUT2D eigenvalue weighted by molar-refractivity contribution is 5.91. The van der Waals surface area contributed by atoms with Gasteiger partial charge in [-0.15, -0.1) is 0 Å². The number of rotatable bonds is 18. The van der Waals surface area contributed by atoms with Crippen LogP contribution in [0.25, 0.3) is 0 Å². The molecule has 1 unspecified atom stereocenters. The fraction of sp³-hybridized carbons (Fsp3) is 0.783. The van der Waals surface area contributed by atoms with Crippen LogP contribution >= 0.6 is 0 Å². The number of nitrogens with one attached hydrogen (secondary N) is 3. The third kappa shape index (κ3) is 13.2. The number of carbonyl (C=O) groups is 5. The van der Waals surface area contributed by atoms with Gasteiger partial charge in [-0.25, -0.2) is 4.79 Å². The molecule has 196 valence electrons. The Labute approximate surface area is 201 Å². The Hall–Kier alpha value is -2.53. The summed E-state index contributed by atoms with van der Waals surface area (Å²) in [5.74, 6) is -2.61. The Balaban J connectivity index is 4.45. The fourth-order valence-electron chi connectivity index (χ4n) is 2.99. The lowest BCUT2D eigenvalue weighted by atomic mass is 9.86. The van der Waals surface area contributed by atoms with Gasteiger partial charge in [-0.2, -0.15) is 0 Å². The van der Waals surface area contributed by atoms with Gasteiger partial charge < -0.3 is 30.5 Å². The van der Waals surface area contributed by atoms with Crippen LogP contribution in [0, 0.1) is 5.41 Å². The highest BCUT2D eigenvalue weighted by atomic mass is 16.5. The van der Waals surface area contributed by atoms with Crippen molar-refractivity contribution in [3.63, 3.8) is 0 Å². The third-order valence-corrected chi connectivity index (χ3v) is 4.98. The minimum Gasteiger partial charge on any atom is -0.480 e. The van der Waals surface area contributed by atoms with E-state index >= 15 is 0 Å². The predicted molar refractivity (Wildman–Crippen MR) is 125 cm³/mol. The van der Waals surface area contributed by atoms with Crippen LogP contribution in [0.1, 0.15) is 67.2 Å². The van der Waals surface area contributed by atoms with Crippen LogP contribution in [0.5, 0.6) is 0 Å². The van der Waals surface area contributed by atoms with Crippen LogP contribution in [0.15, 0.2) is 0 Å². The number of aliphatic carboxylic acids is 1. The summed E-state index contributed by atoms with van der Waals surface area (Å²) in [6.07, 6.45) is 1.10. The summed E-state index contributed by atoms with van der Waals surface area (Å²) in [4.78, 5) is 59.4. The van der Waals surface area contributed by atoms with Gasteiger partial charge in [-0.3, -0.25) is 19.2 Å². The van der Waals surface area contributed by atoms with E-state index in [1.807, 2.05) is 6.92 Å². The minimum atomic E-state index is -1.23. The van der Waals surface area contributed by atoms with Crippen LogP contribution in [-0.4, -0.2) is 79.1 Å². The standard InChI is InChI=1S/C23H41N3O8/c1-7-10-22(3,4)20(31)25-17(19(29)30)8-9-18(28)26-23(5,6)21(32)24-11-12-33-13-14-34-15-16(2)27/h17H,7-15H2,1-6H3,(H,24,32)(H,25,31)(H,26,28)(H,29,30). The molecule has 0 fully saturated rings. The molecule has 34 heavy (non-hydrogen) atoms. The Bertz CT molecular complexity index is 706. The number of carboxylic acids is 1. The summed E-state index contributed by atoms with van der Waals surface area (Å²) >= 11 is 0. The van der Waals surface area contributed by atoms with Crippen LogP contribution < -0.4 is 16.0 Å². The van der Waals surface area contributed by atoms with Gasteiger partial charge in [0.25, 0.3) is 0 Å². The Kier molecular flexibility index (Phi) is 14.2. The third-order valence-electron chi connectivity index (χ3n) is 4.98. The highest BCUT2D eigenvalue weighted by Gasteiger charge is 2.32. The van der Waals surface area contributed by atoms with Crippen molar-refractivity contribution >= 4 is 29.5 Å². The Morgan fingerprint density at radius 1 is 0.941 bits per heavy atom. The first-order valence-corrected chi connectivity index (χ1v) is 11.5. The maximum atomic E-state index is 12.4. The molecule has 0 spiro atoms. The highest BCUT2D eigenvalue weighted by Crippen LogP contribution is 2.22. The van der Waals surface area contributed by atoms with E-state index in [1.54, 1.807) is 13.8 Å². The van der Waals surface area contributed by atoms with Gasteiger partial charge in [0.15, 0.2) is 5.78 Å². The molecule has 1 atom stereocenters. The monoisotopic (exact) mass is 487 g/mol. The van der Waals surface area contributed by atoms with E-state index in [-0.39, 0.29) is 57.5 Å². The maximum absolute atomic E-state index is 12.4. The largest absolute Gasteiger partial charge is 0.480 e. The van der Waals surface area contributed by atoms with Gasteiger partial charge in [0.05, 0.1) is 19.8 Å². The SMILES string of the molecule is CCCC(C)(C)C(=O)NC(CCC(=O)NC(C)(C)C(=O)NCCOCCOCC(C)=O)C(=O)O. The molecular weight excluding hydrogens is 446 g/mol. The van der Waals surface area contributed by atoms with Crippen molar-refractivity contribution in [1.82, 2.24) is 16.0 Å². The molecule has 0 aliphatic rings. The zero-order valence-electron chi connectivity index (χ0n) is 21.2. The number of ketones is 1.